The van der Waals surface area contributed by atoms with Crippen LogP contribution >= 0.6 is 0 Å². The Bertz CT molecular complexity index is 193. The second-order valence-electron chi connectivity index (χ2n) is 3.63. The number of fused-ring (bicyclic) bond motifs is 2. The maximum Gasteiger partial charge on any atom is 0.306 e. The molecule has 0 aromatic heterocycles. The van der Waals surface area contributed by atoms with Crippen molar-refractivity contribution in [1.82, 2.24) is 0 Å². The van der Waals surface area contributed by atoms with Crippen molar-refractivity contribution in [2.75, 3.05) is 0 Å². The van der Waals surface area contributed by atoms with Gasteiger partial charge in [0.15, 0.2) is 0 Å². The van der Waals surface area contributed by atoms with Crippen molar-refractivity contribution in [3.8, 4) is 0 Å². The third-order valence-corrected chi connectivity index (χ3v) is 3.12. The van der Waals surface area contributed by atoms with Crippen LogP contribution in [0.2, 0.25) is 0 Å². The van der Waals surface area contributed by atoms with Crippen molar-refractivity contribution in [3.63, 3.8) is 0 Å². The molecule has 0 spiro atoms. The van der Waals surface area contributed by atoms with E-state index in [1.807, 2.05) is 0 Å². The van der Waals surface area contributed by atoms with E-state index in [-0.39, 0.29) is 17.8 Å². The number of carboxylic acid groups (broad SMARTS) is 1. The molecule has 0 aromatic rings. The second kappa shape index (κ2) is 2.19. The second-order valence-corrected chi connectivity index (χ2v) is 3.63. The lowest BCUT2D eigenvalue weighted by molar-refractivity contribution is -0.143. The van der Waals surface area contributed by atoms with E-state index in [1.165, 1.54) is 0 Å². The number of hydrogen-bond acceptors (Lipinski definition) is 1. The molecule has 2 saturated carbocycles. The Morgan fingerprint density at radius 2 is 2.18 bits per heavy atom. The van der Waals surface area contributed by atoms with Crippen molar-refractivity contribution >= 4 is 5.97 Å². The average molecular weight is 158 g/mol. The van der Waals surface area contributed by atoms with Gasteiger partial charge in [0.1, 0.15) is 6.17 Å². The summed E-state index contributed by atoms with van der Waals surface area (Å²) in [7, 11) is 0. The van der Waals surface area contributed by atoms with Gasteiger partial charge in [-0.25, -0.2) is 4.39 Å². The van der Waals surface area contributed by atoms with Crippen molar-refractivity contribution < 1.29 is 14.3 Å². The highest BCUT2D eigenvalue weighted by atomic mass is 19.1. The summed E-state index contributed by atoms with van der Waals surface area (Å²) in [6.07, 6.45) is 1.43. The standard InChI is InChI=1S/C8H11FO2/c9-7-4-1-2-5(7)6(3-4)8(10)11/h4-7H,1-3H2,(H,10,11). The molecule has 2 nitrogen and oxygen atoms in total. The van der Waals surface area contributed by atoms with Gasteiger partial charge < -0.3 is 5.11 Å². The minimum atomic E-state index is -0.823. The SMILES string of the molecule is O=C(O)C1CC2CCC1C2F. The first kappa shape index (κ1) is 7.07. The van der Waals surface area contributed by atoms with Gasteiger partial charge in [-0.15, -0.1) is 0 Å². The lowest BCUT2D eigenvalue weighted by Gasteiger charge is -2.15. The highest BCUT2D eigenvalue weighted by Gasteiger charge is 2.51. The van der Waals surface area contributed by atoms with Crippen molar-refractivity contribution in [3.05, 3.63) is 0 Å². The molecule has 2 bridgehead atoms. The van der Waals surface area contributed by atoms with Gasteiger partial charge in [-0.1, -0.05) is 0 Å². The molecule has 1 N–H and O–H groups in total. The van der Waals surface area contributed by atoms with Crippen LogP contribution in [-0.4, -0.2) is 17.2 Å². The summed E-state index contributed by atoms with van der Waals surface area (Å²) < 4.78 is 13.1. The number of alkyl halides is 1. The Hall–Kier alpha value is -0.600. The fourth-order valence-corrected chi connectivity index (χ4v) is 2.53. The molecule has 0 aliphatic heterocycles. The van der Waals surface area contributed by atoms with Crippen molar-refractivity contribution in [2.45, 2.75) is 25.4 Å². The minimum Gasteiger partial charge on any atom is -0.481 e. The maximum absolute atomic E-state index is 13.1. The molecule has 62 valence electrons. The monoisotopic (exact) mass is 158 g/mol. The van der Waals surface area contributed by atoms with Gasteiger partial charge >= 0.3 is 5.97 Å². The van der Waals surface area contributed by atoms with Crippen LogP contribution in [-0.2, 0) is 4.79 Å². The largest absolute Gasteiger partial charge is 0.481 e. The van der Waals surface area contributed by atoms with Gasteiger partial charge in [-0.05, 0) is 25.2 Å². The molecular formula is C8H11FO2. The zero-order valence-corrected chi connectivity index (χ0v) is 6.16. The first-order valence-electron chi connectivity index (χ1n) is 4.07. The molecule has 4 atom stereocenters. The number of carbonyl (C=O) groups is 1. The van der Waals surface area contributed by atoms with Gasteiger partial charge in [-0.2, -0.15) is 0 Å². The normalized spacial score (nSPS) is 48.1. The van der Waals surface area contributed by atoms with E-state index in [0.29, 0.717) is 6.42 Å². The number of hydrogen-bond donors (Lipinski definition) is 1. The van der Waals surface area contributed by atoms with Gasteiger partial charge in [-0.3, -0.25) is 4.79 Å². The Morgan fingerprint density at radius 3 is 2.45 bits per heavy atom. The Balaban J connectivity index is 2.14. The molecule has 11 heavy (non-hydrogen) atoms. The highest BCUT2D eigenvalue weighted by molar-refractivity contribution is 5.71. The van der Waals surface area contributed by atoms with Crippen LogP contribution in [0, 0.1) is 17.8 Å². The lowest BCUT2D eigenvalue weighted by atomic mass is 9.89. The van der Waals surface area contributed by atoms with Crippen LogP contribution in [0.3, 0.4) is 0 Å². The molecule has 4 unspecified atom stereocenters. The summed E-state index contributed by atoms with van der Waals surface area (Å²) in [6, 6.07) is 0. The Morgan fingerprint density at radius 1 is 1.45 bits per heavy atom. The van der Waals surface area contributed by atoms with Crippen LogP contribution < -0.4 is 0 Å². The fraction of sp³-hybridized carbons (Fsp3) is 0.875. The molecule has 2 aliphatic carbocycles. The molecule has 0 saturated heterocycles. The first-order valence-corrected chi connectivity index (χ1v) is 4.07. The van der Waals surface area contributed by atoms with E-state index in [1.54, 1.807) is 0 Å². The summed E-state index contributed by atoms with van der Waals surface area (Å²) in [4.78, 5) is 10.6. The number of carboxylic acids is 1. The molecule has 2 rings (SSSR count). The molecule has 0 aromatic carbocycles. The fourth-order valence-electron chi connectivity index (χ4n) is 2.53. The average Bonchev–Trinajstić information content (AvgIpc) is 2.46. The summed E-state index contributed by atoms with van der Waals surface area (Å²) in [5.41, 5.74) is 0. The van der Waals surface area contributed by atoms with E-state index in [4.69, 9.17) is 5.11 Å². The predicted molar refractivity (Wildman–Crippen MR) is 36.9 cm³/mol. The van der Waals surface area contributed by atoms with Gasteiger partial charge in [0, 0.05) is 5.92 Å². The maximum atomic E-state index is 13.1. The Kier molecular flexibility index (Phi) is 1.41. The molecular weight excluding hydrogens is 147 g/mol. The highest BCUT2D eigenvalue weighted by Crippen LogP contribution is 2.50. The molecule has 2 aliphatic rings. The topological polar surface area (TPSA) is 37.3 Å². The summed E-state index contributed by atoms with van der Waals surface area (Å²) in [5, 5.41) is 8.69. The van der Waals surface area contributed by atoms with Crippen LogP contribution in [0.1, 0.15) is 19.3 Å². The molecule has 0 amide bonds. The molecule has 2 fully saturated rings. The van der Waals surface area contributed by atoms with Crippen molar-refractivity contribution in [2.24, 2.45) is 17.8 Å². The number of rotatable bonds is 1. The van der Waals surface area contributed by atoms with E-state index in [0.717, 1.165) is 12.8 Å². The smallest absolute Gasteiger partial charge is 0.306 e. The molecule has 0 heterocycles. The summed E-state index contributed by atoms with van der Waals surface area (Å²) in [5.74, 6) is -1.30. The van der Waals surface area contributed by atoms with Crippen LogP contribution in [0.5, 0.6) is 0 Å². The van der Waals surface area contributed by atoms with Gasteiger partial charge in [0.05, 0.1) is 5.92 Å². The quantitative estimate of drug-likeness (QED) is 0.627. The number of halogens is 1. The zero-order valence-electron chi connectivity index (χ0n) is 6.16. The van der Waals surface area contributed by atoms with E-state index >= 15 is 0 Å². The van der Waals surface area contributed by atoms with E-state index < -0.39 is 12.1 Å². The first-order chi connectivity index (χ1) is 5.20. The van der Waals surface area contributed by atoms with E-state index in [2.05, 4.69) is 0 Å². The van der Waals surface area contributed by atoms with Crippen LogP contribution in [0.15, 0.2) is 0 Å². The number of aliphatic carboxylic acids is 1. The predicted octanol–water partition coefficient (Wildman–Crippen LogP) is 1.46. The summed E-state index contributed by atoms with van der Waals surface area (Å²) >= 11 is 0. The Labute approximate surface area is 64.4 Å². The van der Waals surface area contributed by atoms with Crippen LogP contribution in [0.25, 0.3) is 0 Å². The van der Waals surface area contributed by atoms with Gasteiger partial charge in [0.2, 0.25) is 0 Å². The third kappa shape index (κ3) is 0.865. The van der Waals surface area contributed by atoms with Gasteiger partial charge in [0.25, 0.3) is 0 Å². The third-order valence-electron chi connectivity index (χ3n) is 3.12. The van der Waals surface area contributed by atoms with Crippen LogP contribution in [0.4, 0.5) is 4.39 Å². The minimum absolute atomic E-state index is 0.0566. The van der Waals surface area contributed by atoms with E-state index in [9.17, 15) is 9.18 Å². The van der Waals surface area contributed by atoms with Crippen molar-refractivity contribution in [1.29, 1.82) is 0 Å². The summed E-state index contributed by atoms with van der Waals surface area (Å²) in [6.45, 7) is 0. The molecule has 0 radical (unpaired) electrons. The zero-order chi connectivity index (χ0) is 8.01. The lowest BCUT2D eigenvalue weighted by Crippen LogP contribution is -2.21. The molecule has 3 heteroatoms.